The number of carboxylic acids is 2. The number of rotatable bonds is 13. The zero-order valence-corrected chi connectivity index (χ0v) is 22.9. The van der Waals surface area contributed by atoms with Crippen LogP contribution in [0.25, 0.3) is 0 Å². The maximum Gasteiger partial charge on any atom is 0.306 e. The summed E-state index contributed by atoms with van der Waals surface area (Å²) in [6, 6.07) is 8.68. The van der Waals surface area contributed by atoms with Gasteiger partial charge in [-0.1, -0.05) is 23.7 Å². The first-order valence-electron chi connectivity index (χ1n) is 12.7. The minimum atomic E-state index is -2.76. The Morgan fingerprint density at radius 1 is 1.15 bits per heavy atom. The lowest BCUT2D eigenvalue weighted by atomic mass is 9.94. The van der Waals surface area contributed by atoms with Crippen LogP contribution in [0.3, 0.4) is 0 Å². The SMILES string of the molecule is CCOc1cc(NC(=O)C(O)(CC(=O)O)CC(=O)O)c(Cl)cc1C(=O)NC[C@H]1CN(Cc2ccc(F)cc2)CCO1. The zero-order chi connectivity index (χ0) is 30.2. The average molecular weight is 596 g/mol. The van der Waals surface area contributed by atoms with Crippen molar-refractivity contribution in [3.8, 4) is 5.75 Å². The Balaban J connectivity index is 1.68. The molecule has 0 radical (unpaired) electrons. The number of anilines is 1. The molecule has 1 fully saturated rings. The van der Waals surface area contributed by atoms with Gasteiger partial charge < -0.3 is 35.4 Å². The second kappa shape index (κ2) is 14.2. The maximum atomic E-state index is 13.2. The highest BCUT2D eigenvalue weighted by atomic mass is 35.5. The number of halogens is 2. The van der Waals surface area contributed by atoms with Gasteiger partial charge in [-0.05, 0) is 30.7 Å². The molecule has 14 heteroatoms. The third-order valence-electron chi connectivity index (χ3n) is 6.20. The van der Waals surface area contributed by atoms with Crippen molar-refractivity contribution in [2.45, 2.75) is 38.0 Å². The summed E-state index contributed by atoms with van der Waals surface area (Å²) in [5.41, 5.74) is -1.89. The van der Waals surface area contributed by atoms with E-state index in [4.69, 9.17) is 31.3 Å². The Morgan fingerprint density at radius 2 is 1.80 bits per heavy atom. The van der Waals surface area contributed by atoms with Gasteiger partial charge in [0.1, 0.15) is 11.6 Å². The number of hydrogen-bond donors (Lipinski definition) is 5. The van der Waals surface area contributed by atoms with E-state index in [0.29, 0.717) is 26.2 Å². The third kappa shape index (κ3) is 9.11. The second-order valence-corrected chi connectivity index (χ2v) is 9.86. The number of amides is 2. The predicted molar refractivity (Wildman–Crippen MR) is 144 cm³/mol. The molecule has 0 saturated carbocycles. The Kier molecular flexibility index (Phi) is 11.0. The number of carboxylic acid groups (broad SMARTS) is 2. The van der Waals surface area contributed by atoms with Gasteiger partial charge >= 0.3 is 11.9 Å². The van der Waals surface area contributed by atoms with Crippen molar-refractivity contribution in [1.82, 2.24) is 10.2 Å². The van der Waals surface area contributed by atoms with Crippen LogP contribution in [0.1, 0.15) is 35.7 Å². The number of nitrogens with one attached hydrogen (secondary N) is 2. The summed E-state index contributed by atoms with van der Waals surface area (Å²) in [6.07, 6.45) is -2.64. The molecule has 1 aliphatic heterocycles. The van der Waals surface area contributed by atoms with E-state index in [9.17, 15) is 28.7 Å². The summed E-state index contributed by atoms with van der Waals surface area (Å²) < 4.78 is 24.5. The van der Waals surface area contributed by atoms with Crippen molar-refractivity contribution in [1.29, 1.82) is 0 Å². The van der Waals surface area contributed by atoms with Crippen LogP contribution < -0.4 is 15.4 Å². The van der Waals surface area contributed by atoms with Crippen LogP contribution in [0.2, 0.25) is 5.02 Å². The monoisotopic (exact) mass is 595 g/mol. The van der Waals surface area contributed by atoms with Crippen molar-refractivity contribution >= 4 is 41.0 Å². The first kappa shape index (κ1) is 31.7. The standard InChI is InChI=1S/C27H31ClFN3O9/c1-2-40-22-10-21(31-26(38)27(39,11-23(33)34)12-24(35)36)20(28)9-19(22)25(37)30-13-18-15-32(7-8-41-18)14-16-3-5-17(29)6-4-16/h3-6,9-10,18,39H,2,7-8,11-15H2,1H3,(H,30,37)(H,31,38)(H,33,34)(H,35,36)/t18-/m0/s1. The normalized spacial score (nSPS) is 15.7. The number of ether oxygens (including phenoxy) is 2. The fourth-order valence-corrected chi connectivity index (χ4v) is 4.47. The highest BCUT2D eigenvalue weighted by Gasteiger charge is 2.41. The van der Waals surface area contributed by atoms with E-state index in [1.807, 2.05) is 0 Å². The van der Waals surface area contributed by atoms with Crippen LogP contribution in [0.4, 0.5) is 10.1 Å². The molecule has 3 rings (SSSR count). The molecule has 0 bridgehead atoms. The molecule has 2 aromatic rings. The molecule has 0 aliphatic carbocycles. The molecule has 0 aromatic heterocycles. The van der Waals surface area contributed by atoms with Gasteiger partial charge in [0.15, 0.2) is 5.60 Å². The molecular formula is C27H31ClFN3O9. The summed E-state index contributed by atoms with van der Waals surface area (Å²) in [5.74, 6) is -5.29. The van der Waals surface area contributed by atoms with Crippen molar-refractivity contribution in [2.75, 3.05) is 38.2 Å². The molecule has 1 heterocycles. The highest BCUT2D eigenvalue weighted by Crippen LogP contribution is 2.32. The first-order chi connectivity index (χ1) is 19.4. The van der Waals surface area contributed by atoms with Crippen molar-refractivity contribution in [3.05, 3.63) is 58.4 Å². The van der Waals surface area contributed by atoms with Gasteiger partial charge in [-0.3, -0.25) is 24.1 Å². The Hall–Kier alpha value is -3.78. The van der Waals surface area contributed by atoms with Gasteiger partial charge in [0, 0.05) is 32.2 Å². The van der Waals surface area contributed by atoms with Gasteiger partial charge in [-0.15, -0.1) is 0 Å². The summed E-state index contributed by atoms with van der Waals surface area (Å²) in [7, 11) is 0. The van der Waals surface area contributed by atoms with E-state index < -0.39 is 42.2 Å². The average Bonchev–Trinajstić information content (AvgIpc) is 2.89. The molecule has 0 unspecified atom stereocenters. The molecule has 2 aromatic carbocycles. The number of benzene rings is 2. The van der Waals surface area contributed by atoms with Gasteiger partial charge in [0.05, 0.1) is 48.4 Å². The number of nitrogens with zero attached hydrogens (tertiary/aromatic N) is 1. The number of carbonyl (C=O) groups excluding carboxylic acids is 2. The minimum absolute atomic E-state index is 0.0345. The molecule has 5 N–H and O–H groups in total. The van der Waals surface area contributed by atoms with Crippen molar-refractivity contribution in [2.24, 2.45) is 0 Å². The molecule has 12 nitrogen and oxygen atoms in total. The highest BCUT2D eigenvalue weighted by molar-refractivity contribution is 6.34. The lowest BCUT2D eigenvalue weighted by Gasteiger charge is -2.33. The molecule has 1 saturated heterocycles. The fourth-order valence-electron chi connectivity index (χ4n) is 4.26. The Morgan fingerprint density at radius 3 is 2.41 bits per heavy atom. The van der Waals surface area contributed by atoms with Crippen LogP contribution in [0, 0.1) is 5.82 Å². The molecule has 222 valence electrons. The predicted octanol–water partition coefficient (Wildman–Crippen LogP) is 2.13. The number of hydrogen-bond acceptors (Lipinski definition) is 8. The number of morpholine rings is 1. The lowest BCUT2D eigenvalue weighted by Crippen LogP contribution is -2.47. The summed E-state index contributed by atoms with van der Waals surface area (Å²) in [4.78, 5) is 50.1. The van der Waals surface area contributed by atoms with Gasteiger partial charge in [0.25, 0.3) is 11.8 Å². The summed E-state index contributed by atoms with van der Waals surface area (Å²) in [5, 5.41) is 33.4. The van der Waals surface area contributed by atoms with Crippen LogP contribution >= 0.6 is 11.6 Å². The molecule has 1 aliphatic rings. The first-order valence-corrected chi connectivity index (χ1v) is 13.1. The van der Waals surface area contributed by atoms with Crippen LogP contribution in [-0.2, 0) is 25.7 Å². The molecule has 0 spiro atoms. The third-order valence-corrected chi connectivity index (χ3v) is 6.52. The zero-order valence-electron chi connectivity index (χ0n) is 22.2. The van der Waals surface area contributed by atoms with E-state index in [1.54, 1.807) is 19.1 Å². The maximum absolute atomic E-state index is 13.2. The molecular weight excluding hydrogens is 565 g/mol. The number of aliphatic hydroxyl groups is 1. The summed E-state index contributed by atoms with van der Waals surface area (Å²) in [6.45, 7) is 4.21. The summed E-state index contributed by atoms with van der Waals surface area (Å²) >= 11 is 6.29. The fraction of sp³-hybridized carbons (Fsp3) is 0.407. The van der Waals surface area contributed by atoms with E-state index in [-0.39, 0.29) is 47.1 Å². The number of aliphatic carboxylic acids is 2. The van der Waals surface area contributed by atoms with Gasteiger partial charge in [-0.25, -0.2) is 4.39 Å². The topological polar surface area (TPSA) is 175 Å². The van der Waals surface area contributed by atoms with Crippen molar-refractivity contribution < 1.29 is 48.4 Å². The quantitative estimate of drug-likeness (QED) is 0.231. The molecule has 2 amide bonds. The van der Waals surface area contributed by atoms with Gasteiger partial charge in [0.2, 0.25) is 0 Å². The minimum Gasteiger partial charge on any atom is -0.493 e. The smallest absolute Gasteiger partial charge is 0.306 e. The Labute approximate surface area is 240 Å². The van der Waals surface area contributed by atoms with E-state index >= 15 is 0 Å². The van der Waals surface area contributed by atoms with Crippen LogP contribution in [-0.4, -0.2) is 88.5 Å². The largest absolute Gasteiger partial charge is 0.493 e. The van der Waals surface area contributed by atoms with Crippen LogP contribution in [0.15, 0.2) is 36.4 Å². The molecule has 41 heavy (non-hydrogen) atoms. The number of carbonyl (C=O) groups is 4. The van der Waals surface area contributed by atoms with Crippen molar-refractivity contribution in [3.63, 3.8) is 0 Å². The molecule has 1 atom stereocenters. The van der Waals surface area contributed by atoms with Gasteiger partial charge in [-0.2, -0.15) is 0 Å². The second-order valence-electron chi connectivity index (χ2n) is 9.45. The lowest BCUT2D eigenvalue weighted by molar-refractivity contribution is -0.156. The Bertz CT molecular complexity index is 1260. The van der Waals surface area contributed by atoms with E-state index in [1.165, 1.54) is 24.3 Å². The van der Waals surface area contributed by atoms with Crippen LogP contribution in [0.5, 0.6) is 5.75 Å². The van der Waals surface area contributed by atoms with E-state index in [2.05, 4.69) is 15.5 Å². The van der Waals surface area contributed by atoms with E-state index in [0.717, 1.165) is 5.56 Å².